The smallest absolute Gasteiger partial charge is 0.328 e. The number of cyclic esters (lactones) is 1. The van der Waals surface area contributed by atoms with Gasteiger partial charge in [0.15, 0.2) is 0 Å². The summed E-state index contributed by atoms with van der Waals surface area (Å²) in [7, 11) is 1.75. The molecule has 7 bridgehead atoms. The van der Waals surface area contributed by atoms with Gasteiger partial charge in [-0.3, -0.25) is 24.6 Å². The maximum Gasteiger partial charge on any atom is 0.328 e. The third-order valence-corrected chi connectivity index (χ3v) is 17.1. The van der Waals surface area contributed by atoms with Crippen LogP contribution in [0.2, 0.25) is 0 Å². The number of anilines is 1. The van der Waals surface area contributed by atoms with E-state index in [2.05, 4.69) is 83.6 Å². The molecule has 10 heterocycles. The van der Waals surface area contributed by atoms with Crippen LogP contribution < -0.4 is 16.1 Å². The molecule has 1 aromatic carbocycles. The van der Waals surface area contributed by atoms with Crippen molar-refractivity contribution in [2.24, 2.45) is 22.5 Å². The van der Waals surface area contributed by atoms with Crippen molar-refractivity contribution >= 4 is 28.5 Å². The Morgan fingerprint density at radius 1 is 0.972 bits per heavy atom. The summed E-state index contributed by atoms with van der Waals surface area (Å²) in [5, 5.41) is 2.61. The average molecular weight is 976 g/mol. The Morgan fingerprint density at radius 2 is 1.76 bits per heavy atom. The lowest BCUT2D eigenvalue weighted by molar-refractivity contribution is -0.204. The summed E-state index contributed by atoms with van der Waals surface area (Å²) < 4.78 is 39.8. The van der Waals surface area contributed by atoms with Crippen LogP contribution in [0.5, 0.6) is 0 Å². The minimum absolute atomic E-state index is 0.0521. The lowest BCUT2D eigenvalue weighted by atomic mass is 9.66. The van der Waals surface area contributed by atoms with E-state index in [0.717, 1.165) is 103 Å². The second-order valence-electron chi connectivity index (χ2n) is 23.8. The number of hydrazine groups is 1. The predicted molar refractivity (Wildman–Crippen MR) is 266 cm³/mol. The van der Waals surface area contributed by atoms with Crippen LogP contribution in [0.15, 0.2) is 41.1 Å². The minimum Gasteiger partial charge on any atom is -0.464 e. The number of hydrogen-bond donors (Lipinski definition) is 2. The van der Waals surface area contributed by atoms with E-state index < -0.39 is 23.0 Å². The van der Waals surface area contributed by atoms with Gasteiger partial charge in [0.05, 0.1) is 67.5 Å². The molecule has 0 radical (unpaired) electrons. The molecular formula is C54H73N9O8. The molecule has 13 rings (SSSR count). The Labute approximate surface area is 416 Å². The standard InChI is InChI=1S/C54H73N9O8/c1-33(66-6)45-40(20-37(25-56-45)60-14-12-59(13-15-60)36-8-9-36)46-41-24-51(2,3)30-70-50(65)54-21-34(22-54)26-63(58-54)49(64)44(55)47(61-28-53(29-61)31-67-32-53)48-57-42(27-69-48)35-7-10-43(39(41)19-35)62(46)16-18-68-38-11-17-71-52(4,5)23-38/h7,10,19-20,25,27,33-34,36,38,44,47,58H,8-9,11-18,21-24,26,28-32,55H2,1-6H3/t33-,34?,38-,44-,47-,54?/m0/s1. The van der Waals surface area contributed by atoms with Crippen LogP contribution >= 0.6 is 0 Å². The fraction of sp³-hybridized carbons (Fsp3) is 0.667. The first-order valence-electron chi connectivity index (χ1n) is 26.3. The fourth-order valence-electron chi connectivity index (χ4n) is 13.0. The van der Waals surface area contributed by atoms with Crippen LogP contribution in [-0.2, 0) is 46.2 Å². The molecule has 3 N–H and O–H groups in total. The largest absolute Gasteiger partial charge is 0.464 e. The van der Waals surface area contributed by atoms with Gasteiger partial charge in [-0.25, -0.2) is 15.2 Å². The number of methoxy groups -OCH3 is 1. The molecule has 0 unspecified atom stereocenters. The van der Waals surface area contributed by atoms with Gasteiger partial charge >= 0.3 is 5.97 Å². The van der Waals surface area contributed by atoms with E-state index in [9.17, 15) is 9.59 Å². The summed E-state index contributed by atoms with van der Waals surface area (Å²) in [4.78, 5) is 46.7. The third-order valence-electron chi connectivity index (χ3n) is 17.1. The van der Waals surface area contributed by atoms with Gasteiger partial charge in [0, 0.05) is 111 Å². The number of carbonyl (C=O) groups excluding carboxylic acids is 2. The third kappa shape index (κ3) is 8.79. The number of piperazine rings is 1. The van der Waals surface area contributed by atoms with E-state index in [1.54, 1.807) is 18.4 Å². The maximum absolute atomic E-state index is 14.5. The number of nitrogens with one attached hydrogen (secondary N) is 1. The first kappa shape index (κ1) is 47.5. The molecule has 2 saturated carbocycles. The normalized spacial score (nSPS) is 30.1. The number of hydrogen-bond acceptors (Lipinski definition) is 15. The SMILES string of the molecule is CO[C@@H](C)c1ncc(N2CCN(C3CC3)CC2)cc1-c1c2c3cc(ccc3n1CCO[C@H]1CCOC(C)(C)C1)-c1coc(n1)[C@@H](N1CC3(COC3)C1)[C@H](N)C(=O)N1CC3CC(C3)(N1)C(=O)OCC(C)(C)C2. The molecular weight excluding hydrogens is 903 g/mol. The maximum atomic E-state index is 14.5. The fourth-order valence-corrected chi connectivity index (χ4v) is 13.0. The van der Waals surface area contributed by atoms with Gasteiger partial charge in [0.2, 0.25) is 5.89 Å². The van der Waals surface area contributed by atoms with E-state index in [-0.39, 0.29) is 47.6 Å². The van der Waals surface area contributed by atoms with Crippen molar-refractivity contribution in [3.8, 4) is 22.5 Å². The van der Waals surface area contributed by atoms with Gasteiger partial charge in [-0.2, -0.15) is 0 Å². The van der Waals surface area contributed by atoms with Crippen LogP contribution in [0.4, 0.5) is 5.69 Å². The topological polar surface area (TPSA) is 175 Å². The van der Waals surface area contributed by atoms with E-state index >= 15 is 0 Å². The Kier molecular flexibility index (Phi) is 12.0. The molecule has 3 aromatic heterocycles. The van der Waals surface area contributed by atoms with Crippen LogP contribution in [-0.4, -0.2) is 157 Å². The lowest BCUT2D eigenvalue weighted by Crippen LogP contribution is -2.75. The number of likely N-dealkylation sites (tertiary alicyclic amines) is 1. The molecule has 382 valence electrons. The molecule has 71 heavy (non-hydrogen) atoms. The molecule has 2 spiro atoms. The van der Waals surface area contributed by atoms with Crippen LogP contribution in [0.25, 0.3) is 33.4 Å². The van der Waals surface area contributed by atoms with Gasteiger partial charge in [-0.1, -0.05) is 19.9 Å². The van der Waals surface area contributed by atoms with E-state index in [0.29, 0.717) is 70.4 Å². The average Bonchev–Trinajstić information content (AvgIpc) is 3.99. The van der Waals surface area contributed by atoms with Crippen LogP contribution in [0.1, 0.15) is 102 Å². The first-order valence-corrected chi connectivity index (χ1v) is 26.3. The van der Waals surface area contributed by atoms with Gasteiger partial charge in [0.1, 0.15) is 29.6 Å². The number of fused-ring (bicyclic) bond motifs is 4. The highest BCUT2D eigenvalue weighted by Crippen LogP contribution is 2.48. The van der Waals surface area contributed by atoms with Crippen LogP contribution in [0, 0.1) is 16.7 Å². The van der Waals surface area contributed by atoms with E-state index in [4.69, 9.17) is 43.8 Å². The number of pyridine rings is 1. The number of benzene rings is 1. The van der Waals surface area contributed by atoms with Crippen molar-refractivity contribution < 1.29 is 37.7 Å². The number of aromatic nitrogens is 3. The Bertz CT molecular complexity index is 2670. The Hall–Kier alpha value is -4.46. The van der Waals surface area contributed by atoms with Crippen molar-refractivity contribution in [2.45, 2.75) is 128 Å². The van der Waals surface area contributed by atoms with Gasteiger partial charge in [-0.05, 0) is 89.0 Å². The van der Waals surface area contributed by atoms with Crippen LogP contribution in [0.3, 0.4) is 0 Å². The Balaban J connectivity index is 0.997. The number of esters is 1. The van der Waals surface area contributed by atoms with Gasteiger partial charge in [0.25, 0.3) is 5.91 Å². The molecule has 17 nitrogen and oxygen atoms in total. The zero-order valence-electron chi connectivity index (χ0n) is 42.5. The summed E-state index contributed by atoms with van der Waals surface area (Å²) in [6.07, 6.45) is 9.54. The summed E-state index contributed by atoms with van der Waals surface area (Å²) in [5.74, 6) is -0.0944. The van der Waals surface area contributed by atoms with E-state index in [1.807, 2.05) is 6.20 Å². The predicted octanol–water partition coefficient (Wildman–Crippen LogP) is 5.65. The molecule has 8 fully saturated rings. The number of nitrogens with zero attached hydrogens (tertiary/aromatic N) is 7. The molecule has 4 atom stereocenters. The summed E-state index contributed by atoms with van der Waals surface area (Å²) in [5.41, 5.74) is 16.4. The number of oxazole rings is 1. The second-order valence-corrected chi connectivity index (χ2v) is 23.8. The van der Waals surface area contributed by atoms with Crippen molar-refractivity contribution in [3.05, 3.63) is 53.9 Å². The molecule has 17 heteroatoms. The van der Waals surface area contributed by atoms with Crippen molar-refractivity contribution in [3.63, 3.8) is 0 Å². The molecule has 7 aliphatic heterocycles. The zero-order valence-corrected chi connectivity index (χ0v) is 42.5. The number of carbonyl (C=O) groups is 2. The molecule has 4 aromatic rings. The van der Waals surface area contributed by atoms with Crippen molar-refractivity contribution in [1.29, 1.82) is 0 Å². The van der Waals surface area contributed by atoms with Crippen molar-refractivity contribution in [1.82, 2.24) is 34.8 Å². The zero-order chi connectivity index (χ0) is 49.0. The monoisotopic (exact) mass is 976 g/mol. The Morgan fingerprint density at radius 3 is 2.48 bits per heavy atom. The lowest BCUT2D eigenvalue weighted by Gasteiger charge is -2.58. The van der Waals surface area contributed by atoms with Crippen molar-refractivity contribution in [2.75, 3.05) is 90.9 Å². The molecule has 6 saturated heterocycles. The molecule has 9 aliphatic rings. The van der Waals surface area contributed by atoms with Gasteiger partial charge in [-0.15, -0.1) is 0 Å². The van der Waals surface area contributed by atoms with Gasteiger partial charge < -0.3 is 43.3 Å². The number of nitrogens with two attached hydrogens (primary N) is 1. The first-order chi connectivity index (χ1) is 34.1. The summed E-state index contributed by atoms with van der Waals surface area (Å²) in [6, 6.07) is 7.96. The van der Waals surface area contributed by atoms with E-state index in [1.165, 1.54) is 12.8 Å². The molecule has 2 aliphatic carbocycles. The highest BCUT2D eigenvalue weighted by atomic mass is 16.5. The minimum atomic E-state index is -1.01. The second kappa shape index (κ2) is 17.9. The highest BCUT2D eigenvalue weighted by molar-refractivity contribution is 5.95. The number of ether oxygens (including phenoxy) is 5. The number of rotatable bonds is 10. The quantitative estimate of drug-likeness (QED) is 0.187. The molecule has 1 amide bonds. The highest BCUT2D eigenvalue weighted by Gasteiger charge is 2.59. The summed E-state index contributed by atoms with van der Waals surface area (Å²) >= 11 is 0. The number of amides is 1. The summed E-state index contributed by atoms with van der Waals surface area (Å²) in [6.45, 7) is 19.8.